The average Bonchev–Trinajstić information content (AvgIpc) is 2.50. The summed E-state index contributed by atoms with van der Waals surface area (Å²) in [7, 11) is 0. The zero-order valence-corrected chi connectivity index (χ0v) is 11.0. The SMILES string of the molecule is O=C(C=C(O)c1ccccc1)C(=O)Nc1ccccc1O. The van der Waals surface area contributed by atoms with Gasteiger partial charge in [0.15, 0.2) is 0 Å². The van der Waals surface area contributed by atoms with E-state index in [9.17, 15) is 19.8 Å². The van der Waals surface area contributed by atoms with Gasteiger partial charge in [-0.2, -0.15) is 0 Å². The maximum atomic E-state index is 11.7. The van der Waals surface area contributed by atoms with E-state index in [2.05, 4.69) is 5.32 Å². The van der Waals surface area contributed by atoms with Crippen molar-refractivity contribution in [1.82, 2.24) is 0 Å². The van der Waals surface area contributed by atoms with E-state index < -0.39 is 11.7 Å². The molecule has 0 spiro atoms. The van der Waals surface area contributed by atoms with Gasteiger partial charge >= 0.3 is 0 Å². The van der Waals surface area contributed by atoms with Crippen molar-refractivity contribution in [2.75, 3.05) is 5.32 Å². The van der Waals surface area contributed by atoms with Crippen LogP contribution >= 0.6 is 0 Å². The third kappa shape index (κ3) is 3.70. The van der Waals surface area contributed by atoms with Gasteiger partial charge in [0.1, 0.15) is 11.5 Å². The van der Waals surface area contributed by atoms with E-state index in [0.29, 0.717) is 5.56 Å². The summed E-state index contributed by atoms with van der Waals surface area (Å²) < 4.78 is 0. The Morgan fingerprint density at radius 2 is 1.57 bits per heavy atom. The van der Waals surface area contributed by atoms with Gasteiger partial charge in [-0.3, -0.25) is 9.59 Å². The molecule has 2 aromatic rings. The lowest BCUT2D eigenvalue weighted by molar-refractivity contribution is -0.132. The predicted molar refractivity (Wildman–Crippen MR) is 78.8 cm³/mol. The van der Waals surface area contributed by atoms with Gasteiger partial charge < -0.3 is 15.5 Å². The van der Waals surface area contributed by atoms with Crippen LogP contribution in [-0.2, 0) is 9.59 Å². The Morgan fingerprint density at radius 3 is 2.24 bits per heavy atom. The summed E-state index contributed by atoms with van der Waals surface area (Å²) in [5.41, 5.74) is 0.560. The number of anilines is 1. The number of carbonyl (C=O) groups excluding carboxylic acids is 2. The Labute approximate surface area is 121 Å². The molecule has 3 N–H and O–H groups in total. The molecule has 106 valence electrons. The lowest BCUT2D eigenvalue weighted by Crippen LogP contribution is -2.21. The predicted octanol–water partition coefficient (Wildman–Crippen LogP) is 2.50. The number of rotatable bonds is 4. The van der Waals surface area contributed by atoms with Crippen LogP contribution in [0.2, 0.25) is 0 Å². The average molecular weight is 283 g/mol. The number of ketones is 1. The molecule has 0 aromatic heterocycles. The lowest BCUT2D eigenvalue weighted by Gasteiger charge is -2.05. The maximum Gasteiger partial charge on any atom is 0.296 e. The fraction of sp³-hybridized carbons (Fsp3) is 0. The zero-order chi connectivity index (χ0) is 15.2. The molecule has 2 aromatic carbocycles. The minimum absolute atomic E-state index is 0.128. The number of phenolic OH excluding ortho intramolecular Hbond substituents is 1. The molecule has 0 saturated heterocycles. The summed E-state index contributed by atoms with van der Waals surface area (Å²) >= 11 is 0. The third-order valence-corrected chi connectivity index (χ3v) is 2.71. The number of aliphatic hydroxyl groups excluding tert-OH is 1. The van der Waals surface area contributed by atoms with Crippen LogP contribution in [0, 0.1) is 0 Å². The first-order valence-electron chi connectivity index (χ1n) is 6.17. The zero-order valence-electron chi connectivity index (χ0n) is 11.0. The number of phenols is 1. The van der Waals surface area contributed by atoms with Crippen LogP contribution < -0.4 is 5.32 Å². The molecule has 0 aliphatic carbocycles. The normalized spacial score (nSPS) is 11.0. The van der Waals surface area contributed by atoms with Gasteiger partial charge in [0.05, 0.1) is 5.69 Å². The highest BCUT2D eigenvalue weighted by atomic mass is 16.3. The van der Waals surface area contributed by atoms with E-state index in [1.165, 1.54) is 12.1 Å². The summed E-state index contributed by atoms with van der Waals surface area (Å²) in [6.07, 6.45) is 0.838. The fourth-order valence-corrected chi connectivity index (χ4v) is 1.65. The van der Waals surface area contributed by atoms with Gasteiger partial charge in [-0.25, -0.2) is 0 Å². The van der Waals surface area contributed by atoms with E-state index in [1.54, 1.807) is 42.5 Å². The maximum absolute atomic E-state index is 11.7. The van der Waals surface area contributed by atoms with Crippen LogP contribution in [0.25, 0.3) is 5.76 Å². The smallest absolute Gasteiger partial charge is 0.296 e. The number of hydrogen-bond acceptors (Lipinski definition) is 4. The molecule has 1 amide bonds. The second kappa shape index (κ2) is 6.38. The van der Waals surface area contributed by atoms with Crippen molar-refractivity contribution < 1.29 is 19.8 Å². The summed E-state index contributed by atoms with van der Waals surface area (Å²) in [4.78, 5) is 23.4. The molecule has 0 bridgehead atoms. The molecule has 0 unspecified atom stereocenters. The molecular formula is C16H13NO4. The third-order valence-electron chi connectivity index (χ3n) is 2.71. The molecule has 0 aliphatic heterocycles. The first-order valence-corrected chi connectivity index (χ1v) is 6.17. The molecular weight excluding hydrogens is 270 g/mol. The number of carbonyl (C=O) groups is 2. The minimum atomic E-state index is -0.945. The van der Waals surface area contributed by atoms with Gasteiger partial charge in [-0.05, 0) is 12.1 Å². The Bertz CT molecular complexity index is 692. The molecule has 0 heterocycles. The standard InChI is InChI=1S/C16H13NO4/c18-13-9-5-4-8-12(13)17-16(21)15(20)10-14(19)11-6-2-1-3-7-11/h1-10,18-19H,(H,17,21). The minimum Gasteiger partial charge on any atom is -0.507 e. The van der Waals surface area contributed by atoms with Crippen molar-refractivity contribution in [3.8, 4) is 5.75 Å². The number of amides is 1. The highest BCUT2D eigenvalue weighted by molar-refractivity contribution is 6.45. The van der Waals surface area contributed by atoms with Crippen LogP contribution in [0.4, 0.5) is 5.69 Å². The van der Waals surface area contributed by atoms with Gasteiger partial charge in [-0.1, -0.05) is 42.5 Å². The summed E-state index contributed by atoms with van der Waals surface area (Å²) in [6.45, 7) is 0. The molecule has 0 fully saturated rings. The molecule has 0 atom stereocenters. The Hall–Kier alpha value is -3.08. The van der Waals surface area contributed by atoms with Crippen LogP contribution in [0.15, 0.2) is 60.7 Å². The van der Waals surface area contributed by atoms with Gasteiger partial charge in [-0.15, -0.1) is 0 Å². The molecule has 0 saturated carbocycles. The molecule has 0 aliphatic rings. The molecule has 0 radical (unpaired) electrons. The van der Waals surface area contributed by atoms with Crippen molar-refractivity contribution in [2.24, 2.45) is 0 Å². The van der Waals surface area contributed by atoms with Crippen LogP contribution in [0.5, 0.6) is 5.75 Å². The van der Waals surface area contributed by atoms with Gasteiger partial charge in [0, 0.05) is 11.6 Å². The summed E-state index contributed by atoms with van der Waals surface area (Å²) in [5, 5.41) is 21.6. The van der Waals surface area contributed by atoms with E-state index >= 15 is 0 Å². The number of aromatic hydroxyl groups is 1. The van der Waals surface area contributed by atoms with Crippen molar-refractivity contribution in [3.63, 3.8) is 0 Å². The summed E-state index contributed by atoms with van der Waals surface area (Å²) in [5.74, 6) is -2.30. The van der Waals surface area contributed by atoms with E-state index in [4.69, 9.17) is 0 Å². The fourth-order valence-electron chi connectivity index (χ4n) is 1.65. The Morgan fingerprint density at radius 1 is 0.952 bits per heavy atom. The number of benzene rings is 2. The van der Waals surface area contributed by atoms with E-state index in [-0.39, 0.29) is 17.2 Å². The summed E-state index contributed by atoms with van der Waals surface area (Å²) in [6, 6.07) is 14.4. The number of hydrogen-bond donors (Lipinski definition) is 3. The van der Waals surface area contributed by atoms with Crippen molar-refractivity contribution >= 4 is 23.1 Å². The molecule has 21 heavy (non-hydrogen) atoms. The molecule has 5 heteroatoms. The van der Waals surface area contributed by atoms with E-state index in [0.717, 1.165) is 6.08 Å². The van der Waals surface area contributed by atoms with Gasteiger partial charge in [0.25, 0.3) is 5.91 Å². The van der Waals surface area contributed by atoms with Crippen LogP contribution in [-0.4, -0.2) is 21.9 Å². The Balaban J connectivity index is 2.10. The second-order valence-electron chi connectivity index (χ2n) is 4.23. The van der Waals surface area contributed by atoms with Crippen molar-refractivity contribution in [3.05, 3.63) is 66.2 Å². The lowest BCUT2D eigenvalue weighted by atomic mass is 10.1. The largest absolute Gasteiger partial charge is 0.507 e. The monoisotopic (exact) mass is 283 g/mol. The number of aliphatic hydroxyl groups is 1. The van der Waals surface area contributed by atoms with E-state index in [1.807, 2.05) is 0 Å². The van der Waals surface area contributed by atoms with Crippen LogP contribution in [0.3, 0.4) is 0 Å². The molecule has 5 nitrogen and oxygen atoms in total. The molecule has 2 rings (SSSR count). The first kappa shape index (κ1) is 14.3. The van der Waals surface area contributed by atoms with Crippen LogP contribution in [0.1, 0.15) is 5.56 Å². The first-order chi connectivity index (χ1) is 10.1. The highest BCUT2D eigenvalue weighted by Crippen LogP contribution is 2.21. The van der Waals surface area contributed by atoms with Crippen molar-refractivity contribution in [1.29, 1.82) is 0 Å². The number of nitrogens with one attached hydrogen (secondary N) is 1. The quantitative estimate of drug-likeness (QED) is 0.348. The number of para-hydroxylation sites is 2. The van der Waals surface area contributed by atoms with Gasteiger partial charge in [0.2, 0.25) is 5.78 Å². The van der Waals surface area contributed by atoms with Crippen molar-refractivity contribution in [2.45, 2.75) is 0 Å². The topological polar surface area (TPSA) is 86.6 Å². The highest BCUT2D eigenvalue weighted by Gasteiger charge is 2.14. The Kier molecular flexibility index (Phi) is 4.36. The second-order valence-corrected chi connectivity index (χ2v) is 4.23.